The minimum atomic E-state index is -3.72. The second kappa shape index (κ2) is 9.02. The molecule has 156 valence electrons. The van der Waals surface area contributed by atoms with E-state index in [1.54, 1.807) is 0 Å². The number of hydrogen-bond donors (Lipinski definition) is 2. The van der Waals surface area contributed by atoms with Crippen molar-refractivity contribution in [1.29, 1.82) is 0 Å². The molecule has 1 heterocycles. The van der Waals surface area contributed by atoms with Crippen LogP contribution in [0.3, 0.4) is 0 Å². The molecule has 2 aromatic rings. The molecule has 1 fully saturated rings. The number of anilines is 1. The van der Waals surface area contributed by atoms with E-state index in [2.05, 4.69) is 19.2 Å². The average molecular weight is 421 g/mol. The summed E-state index contributed by atoms with van der Waals surface area (Å²) in [4.78, 5) is 13.3. The highest BCUT2D eigenvalue weighted by molar-refractivity contribution is 7.89. The third kappa shape index (κ3) is 5.41. The molecule has 3 rings (SSSR count). The number of halogens is 1. The summed E-state index contributed by atoms with van der Waals surface area (Å²) >= 11 is 0. The highest BCUT2D eigenvalue weighted by atomic mass is 32.2. The Morgan fingerprint density at radius 2 is 1.79 bits per heavy atom. The van der Waals surface area contributed by atoms with Gasteiger partial charge in [-0.05, 0) is 41.8 Å². The molecule has 0 aromatic heterocycles. The zero-order valence-electron chi connectivity index (χ0n) is 16.7. The molecule has 6 nitrogen and oxygen atoms in total. The van der Waals surface area contributed by atoms with Crippen molar-refractivity contribution in [3.8, 4) is 0 Å². The van der Waals surface area contributed by atoms with Gasteiger partial charge in [-0.3, -0.25) is 4.79 Å². The normalized spacial score (nSPS) is 16.1. The first-order chi connectivity index (χ1) is 13.8. The summed E-state index contributed by atoms with van der Waals surface area (Å²) in [5.41, 5.74) is 1.97. The van der Waals surface area contributed by atoms with Gasteiger partial charge in [0.25, 0.3) is 5.91 Å². The van der Waals surface area contributed by atoms with E-state index in [9.17, 15) is 17.6 Å². The van der Waals surface area contributed by atoms with Crippen LogP contribution < -0.4 is 10.2 Å². The van der Waals surface area contributed by atoms with Crippen molar-refractivity contribution in [3.05, 3.63) is 59.9 Å². The van der Waals surface area contributed by atoms with E-state index in [1.165, 1.54) is 28.1 Å². The fourth-order valence-electron chi connectivity index (χ4n) is 3.38. The van der Waals surface area contributed by atoms with Crippen LogP contribution in [0.2, 0.25) is 0 Å². The van der Waals surface area contributed by atoms with E-state index in [1.807, 2.05) is 24.3 Å². The first kappa shape index (κ1) is 21.4. The third-order valence-corrected chi connectivity index (χ3v) is 7.03. The smallest absolute Gasteiger partial charge is 0.279 e. The molecule has 2 aromatic carbocycles. The van der Waals surface area contributed by atoms with Crippen LogP contribution >= 0.6 is 0 Å². The fraction of sp³-hybridized carbons (Fsp3) is 0.381. The van der Waals surface area contributed by atoms with Crippen LogP contribution in [0, 0.1) is 5.82 Å². The minimum absolute atomic E-state index is 0.0384. The lowest BCUT2D eigenvalue weighted by Crippen LogP contribution is -3.15. The number of carbonyl (C=O) groups excluding carboxylic acids is 1. The first-order valence-electron chi connectivity index (χ1n) is 9.75. The number of nitrogens with one attached hydrogen (secondary N) is 2. The molecule has 0 bridgehead atoms. The Morgan fingerprint density at radius 3 is 2.38 bits per heavy atom. The standard InChI is InChI=1S/C21H26FN3O3S/c1-16(2)17-6-8-19(9-7-17)23-21(26)15-24-10-12-25(13-11-24)29(27,28)20-5-3-4-18(22)14-20/h3-9,14,16H,10-13,15H2,1-2H3,(H,23,26)/p+1. The Kier molecular flexibility index (Phi) is 6.66. The van der Waals surface area contributed by atoms with Crippen molar-refractivity contribution >= 4 is 21.6 Å². The number of hydrogen-bond acceptors (Lipinski definition) is 3. The molecule has 1 aliphatic heterocycles. The van der Waals surface area contributed by atoms with E-state index in [-0.39, 0.29) is 17.3 Å². The summed E-state index contributed by atoms with van der Waals surface area (Å²) in [7, 11) is -3.72. The van der Waals surface area contributed by atoms with Gasteiger partial charge in [-0.25, -0.2) is 12.8 Å². The largest absolute Gasteiger partial charge is 0.325 e. The Bertz CT molecular complexity index is 953. The van der Waals surface area contributed by atoms with Gasteiger partial charge in [0.2, 0.25) is 10.0 Å². The Labute approximate surface area is 171 Å². The zero-order chi connectivity index (χ0) is 21.0. The van der Waals surface area contributed by atoms with E-state index < -0.39 is 15.8 Å². The van der Waals surface area contributed by atoms with Crippen molar-refractivity contribution in [2.45, 2.75) is 24.7 Å². The molecule has 1 aliphatic rings. The van der Waals surface area contributed by atoms with Crippen LogP contribution in [0.4, 0.5) is 10.1 Å². The molecule has 8 heteroatoms. The molecular formula is C21H27FN3O3S+. The van der Waals surface area contributed by atoms with Crippen LogP contribution in [0.25, 0.3) is 0 Å². The molecule has 0 saturated carbocycles. The topological polar surface area (TPSA) is 70.9 Å². The lowest BCUT2D eigenvalue weighted by molar-refractivity contribution is -0.895. The summed E-state index contributed by atoms with van der Waals surface area (Å²) in [5, 5.41) is 2.90. The minimum Gasteiger partial charge on any atom is -0.325 e. The number of quaternary nitrogens is 1. The molecule has 0 unspecified atom stereocenters. The van der Waals surface area contributed by atoms with Crippen molar-refractivity contribution < 1.29 is 22.5 Å². The second-order valence-electron chi connectivity index (χ2n) is 7.61. The fourth-order valence-corrected chi connectivity index (χ4v) is 4.85. The van der Waals surface area contributed by atoms with E-state index in [0.717, 1.165) is 16.7 Å². The SMILES string of the molecule is CC(C)c1ccc(NC(=O)C[NH+]2CCN(S(=O)(=O)c3cccc(F)c3)CC2)cc1. The molecule has 0 atom stereocenters. The number of sulfonamides is 1. The van der Waals surface area contributed by atoms with Gasteiger partial charge in [0.05, 0.1) is 31.1 Å². The molecule has 0 aliphatic carbocycles. The van der Waals surface area contributed by atoms with Crippen LogP contribution in [0.5, 0.6) is 0 Å². The van der Waals surface area contributed by atoms with Crippen LogP contribution in [0.15, 0.2) is 53.4 Å². The van der Waals surface area contributed by atoms with Gasteiger partial charge in [-0.1, -0.05) is 32.0 Å². The Balaban J connectivity index is 1.52. The van der Waals surface area contributed by atoms with Crippen LogP contribution in [0.1, 0.15) is 25.3 Å². The molecular weight excluding hydrogens is 393 g/mol. The molecule has 1 amide bonds. The first-order valence-corrected chi connectivity index (χ1v) is 11.2. The summed E-state index contributed by atoms with van der Waals surface area (Å²) < 4.78 is 40.0. The van der Waals surface area contributed by atoms with Gasteiger partial charge in [0.1, 0.15) is 5.82 Å². The zero-order valence-corrected chi connectivity index (χ0v) is 17.5. The van der Waals surface area contributed by atoms with E-state index >= 15 is 0 Å². The summed E-state index contributed by atoms with van der Waals surface area (Å²) in [6, 6.07) is 12.8. The number of rotatable bonds is 6. The maximum Gasteiger partial charge on any atom is 0.279 e. The van der Waals surface area contributed by atoms with E-state index in [4.69, 9.17) is 0 Å². The lowest BCUT2D eigenvalue weighted by Gasteiger charge is -2.31. The van der Waals surface area contributed by atoms with E-state index in [0.29, 0.717) is 32.1 Å². The van der Waals surface area contributed by atoms with Crippen LogP contribution in [-0.2, 0) is 14.8 Å². The molecule has 2 N–H and O–H groups in total. The maximum atomic E-state index is 13.4. The third-order valence-electron chi connectivity index (χ3n) is 5.14. The highest BCUT2D eigenvalue weighted by Gasteiger charge is 2.31. The van der Waals surface area contributed by atoms with Crippen molar-refractivity contribution in [2.75, 3.05) is 38.0 Å². The summed E-state index contributed by atoms with van der Waals surface area (Å²) in [6.45, 7) is 6.15. The average Bonchev–Trinajstić information content (AvgIpc) is 2.68. The van der Waals surface area contributed by atoms with Gasteiger partial charge in [-0.15, -0.1) is 0 Å². The van der Waals surface area contributed by atoms with Gasteiger partial charge in [0.15, 0.2) is 6.54 Å². The Hall–Kier alpha value is -2.29. The van der Waals surface area contributed by atoms with Crippen molar-refractivity contribution in [3.63, 3.8) is 0 Å². The Morgan fingerprint density at radius 1 is 1.14 bits per heavy atom. The van der Waals surface area contributed by atoms with Gasteiger partial charge in [0, 0.05) is 5.69 Å². The molecule has 1 saturated heterocycles. The summed E-state index contributed by atoms with van der Waals surface area (Å²) in [6.07, 6.45) is 0. The number of carbonyl (C=O) groups is 1. The molecule has 29 heavy (non-hydrogen) atoms. The number of amides is 1. The summed E-state index contributed by atoms with van der Waals surface area (Å²) in [5.74, 6) is -0.240. The monoisotopic (exact) mass is 420 g/mol. The van der Waals surface area contributed by atoms with Crippen molar-refractivity contribution in [2.24, 2.45) is 0 Å². The number of benzene rings is 2. The van der Waals surface area contributed by atoms with Gasteiger partial charge in [-0.2, -0.15) is 4.31 Å². The van der Waals surface area contributed by atoms with Gasteiger partial charge >= 0.3 is 0 Å². The van der Waals surface area contributed by atoms with Crippen LogP contribution in [-0.4, -0.2) is 51.4 Å². The van der Waals surface area contributed by atoms with Gasteiger partial charge < -0.3 is 10.2 Å². The lowest BCUT2D eigenvalue weighted by atomic mass is 10.0. The second-order valence-corrected chi connectivity index (χ2v) is 9.55. The molecule has 0 spiro atoms. The quantitative estimate of drug-likeness (QED) is 0.744. The number of nitrogens with zero attached hydrogens (tertiary/aromatic N) is 1. The van der Waals surface area contributed by atoms with Crippen molar-refractivity contribution in [1.82, 2.24) is 4.31 Å². The maximum absolute atomic E-state index is 13.4. The highest BCUT2D eigenvalue weighted by Crippen LogP contribution is 2.17. The predicted molar refractivity (Wildman–Crippen MR) is 110 cm³/mol. The molecule has 0 radical (unpaired) electrons. The number of piperazine rings is 1. The predicted octanol–water partition coefficient (Wildman–Crippen LogP) is 1.48.